The van der Waals surface area contributed by atoms with Gasteiger partial charge in [-0.1, -0.05) is 6.92 Å². The molecule has 19 heavy (non-hydrogen) atoms. The number of halogens is 1. The van der Waals surface area contributed by atoms with E-state index in [1.807, 2.05) is 0 Å². The summed E-state index contributed by atoms with van der Waals surface area (Å²) in [5, 5.41) is 0. The third kappa shape index (κ3) is 4.44. The Morgan fingerprint density at radius 1 is 1.26 bits per heavy atom. The third-order valence-electron chi connectivity index (χ3n) is 2.41. The largest absolute Gasteiger partial charge is 0.398 e. The molecule has 9 heteroatoms. The topological polar surface area (TPSA) is 106 Å². The zero-order chi connectivity index (χ0) is 14.7. The Hall–Kier alpha value is -1.19. The molecule has 0 saturated carbocycles. The normalized spacial score (nSPS) is 12.5. The zero-order valence-electron chi connectivity index (χ0n) is 10.3. The Morgan fingerprint density at radius 3 is 2.47 bits per heavy atom. The van der Waals surface area contributed by atoms with Crippen molar-refractivity contribution in [1.29, 1.82) is 0 Å². The van der Waals surface area contributed by atoms with Gasteiger partial charge in [-0.05, 0) is 18.2 Å². The molecular weight excluding hydrogens is 295 g/mol. The molecule has 0 fully saturated rings. The van der Waals surface area contributed by atoms with Crippen LogP contribution in [0.4, 0.5) is 10.1 Å². The number of rotatable bonds is 6. The number of nitrogens with one attached hydrogen (secondary N) is 1. The van der Waals surface area contributed by atoms with Crippen LogP contribution in [0.1, 0.15) is 6.92 Å². The molecule has 0 saturated heterocycles. The van der Waals surface area contributed by atoms with Crippen molar-refractivity contribution in [2.75, 3.05) is 23.8 Å². The molecule has 1 aromatic rings. The lowest BCUT2D eigenvalue weighted by molar-refractivity contribution is 0.578. The van der Waals surface area contributed by atoms with E-state index in [9.17, 15) is 21.2 Å². The van der Waals surface area contributed by atoms with Crippen LogP contribution in [0.15, 0.2) is 23.1 Å². The number of nitrogens with two attached hydrogens (primary N) is 1. The first-order valence-corrected chi connectivity index (χ1v) is 8.73. The highest BCUT2D eigenvalue weighted by molar-refractivity contribution is 7.91. The summed E-state index contributed by atoms with van der Waals surface area (Å²) in [6.07, 6.45) is 0. The van der Waals surface area contributed by atoms with E-state index in [0.717, 1.165) is 18.2 Å². The van der Waals surface area contributed by atoms with Crippen molar-refractivity contribution >= 4 is 25.5 Å². The van der Waals surface area contributed by atoms with Gasteiger partial charge in [-0.2, -0.15) is 0 Å². The molecule has 0 atom stereocenters. The third-order valence-corrected chi connectivity index (χ3v) is 5.63. The van der Waals surface area contributed by atoms with Gasteiger partial charge in [0.25, 0.3) is 0 Å². The smallest absolute Gasteiger partial charge is 0.242 e. The maximum atomic E-state index is 13.0. The zero-order valence-corrected chi connectivity index (χ0v) is 11.9. The van der Waals surface area contributed by atoms with Gasteiger partial charge in [-0.15, -0.1) is 0 Å². The van der Waals surface area contributed by atoms with Crippen molar-refractivity contribution in [2.24, 2.45) is 0 Å². The van der Waals surface area contributed by atoms with E-state index in [1.165, 1.54) is 6.92 Å². The molecule has 0 aliphatic carbocycles. The van der Waals surface area contributed by atoms with E-state index in [2.05, 4.69) is 4.72 Å². The second-order valence-corrected chi connectivity index (χ2v) is 8.02. The lowest BCUT2D eigenvalue weighted by atomic mass is 10.3. The van der Waals surface area contributed by atoms with Crippen LogP contribution in [0.25, 0.3) is 0 Å². The molecule has 0 unspecified atom stereocenters. The van der Waals surface area contributed by atoms with Crippen molar-refractivity contribution < 1.29 is 21.2 Å². The first-order chi connectivity index (χ1) is 8.68. The average molecular weight is 310 g/mol. The summed E-state index contributed by atoms with van der Waals surface area (Å²) >= 11 is 0. The monoisotopic (exact) mass is 310 g/mol. The number of sulfone groups is 1. The predicted octanol–water partition coefficient (Wildman–Crippen LogP) is 0.121. The molecule has 0 radical (unpaired) electrons. The minimum absolute atomic E-state index is 0.0726. The minimum Gasteiger partial charge on any atom is -0.398 e. The number of nitrogen functional groups attached to an aromatic ring is 1. The van der Waals surface area contributed by atoms with Crippen LogP contribution in [0.5, 0.6) is 0 Å². The van der Waals surface area contributed by atoms with Crippen molar-refractivity contribution in [3.05, 3.63) is 24.0 Å². The van der Waals surface area contributed by atoms with Crippen LogP contribution < -0.4 is 10.5 Å². The molecule has 1 aromatic carbocycles. The van der Waals surface area contributed by atoms with Crippen LogP contribution in [0, 0.1) is 5.82 Å². The Balaban J connectivity index is 2.85. The van der Waals surface area contributed by atoms with Gasteiger partial charge in [0.2, 0.25) is 10.0 Å². The van der Waals surface area contributed by atoms with E-state index in [-0.39, 0.29) is 23.7 Å². The van der Waals surface area contributed by atoms with Gasteiger partial charge in [0.1, 0.15) is 10.7 Å². The molecule has 1 rings (SSSR count). The fourth-order valence-electron chi connectivity index (χ4n) is 1.29. The van der Waals surface area contributed by atoms with Crippen molar-refractivity contribution in [3.63, 3.8) is 0 Å². The molecular formula is C10H15FN2O4S2. The maximum absolute atomic E-state index is 13.0. The lowest BCUT2D eigenvalue weighted by Crippen LogP contribution is -2.30. The number of hydrogen-bond donors (Lipinski definition) is 2. The van der Waals surface area contributed by atoms with Gasteiger partial charge < -0.3 is 5.73 Å². The average Bonchev–Trinajstić information content (AvgIpc) is 2.31. The Bertz CT molecular complexity index is 656. The lowest BCUT2D eigenvalue weighted by Gasteiger charge is -2.09. The van der Waals surface area contributed by atoms with Gasteiger partial charge in [0, 0.05) is 12.3 Å². The first kappa shape index (κ1) is 15.9. The van der Waals surface area contributed by atoms with E-state index < -0.39 is 30.6 Å². The first-order valence-electron chi connectivity index (χ1n) is 5.43. The molecule has 108 valence electrons. The number of anilines is 1. The Morgan fingerprint density at radius 2 is 1.89 bits per heavy atom. The minimum atomic E-state index is -4.02. The van der Waals surface area contributed by atoms with Crippen molar-refractivity contribution in [1.82, 2.24) is 4.72 Å². The number of hydrogen-bond acceptors (Lipinski definition) is 5. The predicted molar refractivity (Wildman–Crippen MR) is 70.3 cm³/mol. The van der Waals surface area contributed by atoms with E-state index in [0.29, 0.717) is 0 Å². The molecule has 3 N–H and O–H groups in total. The number of sulfonamides is 1. The molecule has 0 spiro atoms. The summed E-state index contributed by atoms with van der Waals surface area (Å²) in [5.74, 6) is -1.13. The highest BCUT2D eigenvalue weighted by Crippen LogP contribution is 2.18. The van der Waals surface area contributed by atoms with Crippen LogP contribution >= 0.6 is 0 Å². The second kappa shape index (κ2) is 5.85. The molecule has 0 aliphatic rings. The summed E-state index contributed by atoms with van der Waals surface area (Å²) < 4.78 is 61.2. The molecule has 0 heterocycles. The van der Waals surface area contributed by atoms with Crippen molar-refractivity contribution in [3.8, 4) is 0 Å². The molecule has 0 aromatic heterocycles. The summed E-state index contributed by atoms with van der Waals surface area (Å²) in [6.45, 7) is 1.18. The van der Waals surface area contributed by atoms with Crippen LogP contribution in [-0.2, 0) is 19.9 Å². The quantitative estimate of drug-likeness (QED) is 0.726. The van der Waals surface area contributed by atoms with Gasteiger partial charge in [-0.3, -0.25) is 0 Å². The molecule has 0 bridgehead atoms. The standard InChI is InChI=1S/C10H15FN2O4S2/c1-2-18(14,15)6-5-13-19(16,17)10-7-8(11)3-4-9(10)12/h3-4,7,13H,2,5-6,12H2,1H3. The summed E-state index contributed by atoms with van der Waals surface area (Å²) in [4.78, 5) is -0.401. The van der Waals surface area contributed by atoms with E-state index >= 15 is 0 Å². The summed E-state index contributed by atoms with van der Waals surface area (Å²) in [6, 6.07) is 2.95. The van der Waals surface area contributed by atoms with Gasteiger partial charge in [-0.25, -0.2) is 25.9 Å². The van der Waals surface area contributed by atoms with Gasteiger partial charge in [0.15, 0.2) is 9.84 Å². The van der Waals surface area contributed by atoms with Crippen LogP contribution in [0.3, 0.4) is 0 Å². The highest BCUT2D eigenvalue weighted by Gasteiger charge is 2.19. The maximum Gasteiger partial charge on any atom is 0.242 e. The summed E-state index contributed by atoms with van der Waals surface area (Å²) in [7, 11) is -7.30. The van der Waals surface area contributed by atoms with Crippen molar-refractivity contribution in [2.45, 2.75) is 11.8 Å². The number of benzene rings is 1. The molecule has 0 aliphatic heterocycles. The summed E-state index contributed by atoms with van der Waals surface area (Å²) in [5.41, 5.74) is 5.35. The second-order valence-electron chi connectivity index (χ2n) is 3.82. The van der Waals surface area contributed by atoms with E-state index in [1.54, 1.807) is 0 Å². The Kier molecular flexibility index (Phi) is 4.88. The Labute approximate surface area is 111 Å². The fourth-order valence-corrected chi connectivity index (χ4v) is 3.30. The molecule has 6 nitrogen and oxygen atoms in total. The highest BCUT2D eigenvalue weighted by atomic mass is 32.2. The molecule has 0 amide bonds. The van der Waals surface area contributed by atoms with E-state index in [4.69, 9.17) is 5.73 Å². The van der Waals surface area contributed by atoms with Gasteiger partial charge >= 0.3 is 0 Å². The van der Waals surface area contributed by atoms with Crippen LogP contribution in [-0.4, -0.2) is 34.9 Å². The SMILES string of the molecule is CCS(=O)(=O)CCNS(=O)(=O)c1cc(F)ccc1N. The van der Waals surface area contributed by atoms with Gasteiger partial charge in [0.05, 0.1) is 11.4 Å². The van der Waals surface area contributed by atoms with Crippen LogP contribution in [0.2, 0.25) is 0 Å². The fraction of sp³-hybridized carbons (Fsp3) is 0.400.